The Morgan fingerprint density at radius 1 is 1.28 bits per heavy atom. The molecule has 0 radical (unpaired) electrons. The van der Waals surface area contributed by atoms with Crippen LogP contribution in [0.2, 0.25) is 0 Å². The fraction of sp³-hybridized carbons (Fsp3) is 0.929. The van der Waals surface area contributed by atoms with Gasteiger partial charge >= 0.3 is 0 Å². The van der Waals surface area contributed by atoms with E-state index in [1.165, 1.54) is 0 Å². The van der Waals surface area contributed by atoms with Crippen LogP contribution < -0.4 is 5.11 Å². The molecule has 4 heteroatoms. The lowest BCUT2D eigenvalue weighted by atomic mass is 9.65. The molecule has 0 aromatic heterocycles. The minimum Gasteiger partial charge on any atom is -0.550 e. The van der Waals surface area contributed by atoms with E-state index in [-0.39, 0.29) is 30.0 Å². The van der Waals surface area contributed by atoms with Crippen LogP contribution in [-0.4, -0.2) is 29.9 Å². The number of hydrogen-bond donors (Lipinski definition) is 1. The zero-order valence-electron chi connectivity index (χ0n) is 11.2. The Hall–Kier alpha value is -0.610. The van der Waals surface area contributed by atoms with Gasteiger partial charge in [-0.25, -0.2) is 0 Å². The van der Waals surface area contributed by atoms with Crippen molar-refractivity contribution in [1.82, 2.24) is 0 Å². The maximum absolute atomic E-state index is 11.1. The van der Waals surface area contributed by atoms with Gasteiger partial charge in [0.1, 0.15) is 0 Å². The number of carbonyl (C=O) groups is 1. The molecule has 18 heavy (non-hydrogen) atoms. The highest BCUT2D eigenvalue weighted by Gasteiger charge is 2.42. The first-order chi connectivity index (χ1) is 8.50. The summed E-state index contributed by atoms with van der Waals surface area (Å²) in [6.07, 6.45) is 3.26. The molecule has 0 bridgehead atoms. The lowest BCUT2D eigenvalue weighted by Gasteiger charge is -2.42. The maximum Gasteiger partial charge on any atom is 0.0572 e. The topological polar surface area (TPSA) is 69.6 Å². The van der Waals surface area contributed by atoms with E-state index in [0.717, 1.165) is 19.3 Å². The van der Waals surface area contributed by atoms with Gasteiger partial charge in [-0.3, -0.25) is 0 Å². The van der Waals surface area contributed by atoms with Gasteiger partial charge in [0.15, 0.2) is 0 Å². The Kier molecular flexibility index (Phi) is 4.28. The SMILES string of the molecule is CC1CCC2C(CO1)C([C@@H](C)C(=O)[O-])CC[C@@H]2O. The summed E-state index contributed by atoms with van der Waals surface area (Å²) >= 11 is 0. The molecule has 104 valence electrons. The second-order valence-corrected chi connectivity index (χ2v) is 5.97. The first kappa shape index (κ1) is 13.8. The summed E-state index contributed by atoms with van der Waals surface area (Å²) in [6.45, 7) is 4.34. The van der Waals surface area contributed by atoms with Gasteiger partial charge in [0.25, 0.3) is 0 Å². The van der Waals surface area contributed by atoms with Crippen LogP contribution in [-0.2, 0) is 9.53 Å². The molecule has 1 aliphatic carbocycles. The van der Waals surface area contributed by atoms with Crippen molar-refractivity contribution in [3.8, 4) is 0 Å². The zero-order chi connectivity index (χ0) is 13.3. The largest absolute Gasteiger partial charge is 0.550 e. The molecule has 4 unspecified atom stereocenters. The van der Waals surface area contributed by atoms with Crippen molar-refractivity contribution in [3.05, 3.63) is 0 Å². The van der Waals surface area contributed by atoms with Crippen molar-refractivity contribution in [3.63, 3.8) is 0 Å². The Morgan fingerprint density at radius 3 is 2.67 bits per heavy atom. The molecule has 6 atom stereocenters. The van der Waals surface area contributed by atoms with E-state index in [0.29, 0.717) is 13.0 Å². The average Bonchev–Trinajstić information content (AvgIpc) is 2.52. The number of aliphatic hydroxyl groups excluding tert-OH is 1. The van der Waals surface area contributed by atoms with E-state index < -0.39 is 11.9 Å². The van der Waals surface area contributed by atoms with E-state index in [1.807, 2.05) is 6.92 Å². The number of ether oxygens (including phenoxy) is 1. The van der Waals surface area contributed by atoms with Crippen LogP contribution >= 0.6 is 0 Å². The standard InChI is InChI=1S/C14H24O4/c1-8-3-4-11-12(7-18-8)10(5-6-13(11)15)9(2)14(16)17/h8-13,15H,3-7H2,1-2H3,(H,16,17)/p-1/t8?,9-,10?,11?,12?,13+/m1/s1. The van der Waals surface area contributed by atoms with Crippen LogP contribution in [0.25, 0.3) is 0 Å². The molecule has 2 fully saturated rings. The van der Waals surface area contributed by atoms with Gasteiger partial charge in [-0.05, 0) is 56.3 Å². The molecule has 0 aromatic rings. The van der Waals surface area contributed by atoms with Gasteiger partial charge in [-0.2, -0.15) is 0 Å². The van der Waals surface area contributed by atoms with Gasteiger partial charge in [0.2, 0.25) is 0 Å². The lowest BCUT2D eigenvalue weighted by Crippen LogP contribution is -2.46. The van der Waals surface area contributed by atoms with Gasteiger partial charge in [-0.15, -0.1) is 0 Å². The van der Waals surface area contributed by atoms with Gasteiger partial charge < -0.3 is 19.7 Å². The lowest BCUT2D eigenvalue weighted by molar-refractivity contribution is -0.314. The Labute approximate surface area is 108 Å². The molecule has 1 N–H and O–H groups in total. The van der Waals surface area contributed by atoms with Crippen LogP contribution in [0.3, 0.4) is 0 Å². The minimum atomic E-state index is -0.979. The quantitative estimate of drug-likeness (QED) is 0.783. The summed E-state index contributed by atoms with van der Waals surface area (Å²) in [5, 5.41) is 21.2. The summed E-state index contributed by atoms with van der Waals surface area (Å²) in [4.78, 5) is 11.1. The highest BCUT2D eigenvalue weighted by atomic mass is 16.5. The Balaban J connectivity index is 2.15. The molecule has 4 nitrogen and oxygen atoms in total. The fourth-order valence-corrected chi connectivity index (χ4v) is 3.63. The van der Waals surface area contributed by atoms with Crippen molar-refractivity contribution < 1.29 is 19.7 Å². The molecular weight excluding hydrogens is 232 g/mol. The summed E-state index contributed by atoms with van der Waals surface area (Å²) in [6, 6.07) is 0. The summed E-state index contributed by atoms with van der Waals surface area (Å²) in [7, 11) is 0. The van der Waals surface area contributed by atoms with Crippen LogP contribution in [0.4, 0.5) is 0 Å². The van der Waals surface area contributed by atoms with Crippen molar-refractivity contribution in [2.75, 3.05) is 6.61 Å². The molecule has 1 saturated heterocycles. The first-order valence-electron chi connectivity index (χ1n) is 7.01. The zero-order valence-corrected chi connectivity index (χ0v) is 11.2. The third-order valence-corrected chi connectivity index (χ3v) is 4.88. The molecule has 1 aliphatic heterocycles. The second kappa shape index (κ2) is 5.57. The highest BCUT2D eigenvalue weighted by molar-refractivity contribution is 5.67. The molecule has 0 spiro atoms. The molecule has 0 aromatic carbocycles. The van der Waals surface area contributed by atoms with E-state index in [1.54, 1.807) is 6.92 Å². The third kappa shape index (κ3) is 2.69. The van der Waals surface area contributed by atoms with Crippen molar-refractivity contribution >= 4 is 5.97 Å². The fourth-order valence-electron chi connectivity index (χ4n) is 3.63. The summed E-state index contributed by atoms with van der Waals surface area (Å²) < 4.78 is 5.76. The molecule has 1 heterocycles. The van der Waals surface area contributed by atoms with E-state index in [9.17, 15) is 15.0 Å². The smallest absolute Gasteiger partial charge is 0.0572 e. The Bertz CT molecular complexity index is 304. The average molecular weight is 255 g/mol. The normalized spacial score (nSPS) is 42.7. The Morgan fingerprint density at radius 2 is 2.00 bits per heavy atom. The van der Waals surface area contributed by atoms with Gasteiger partial charge in [0.05, 0.1) is 18.8 Å². The van der Waals surface area contributed by atoms with Crippen LogP contribution in [0.15, 0.2) is 0 Å². The number of hydrogen-bond acceptors (Lipinski definition) is 4. The minimum absolute atomic E-state index is 0.0775. The highest BCUT2D eigenvalue weighted by Crippen LogP contribution is 2.43. The van der Waals surface area contributed by atoms with Gasteiger partial charge in [-0.1, -0.05) is 6.92 Å². The number of aliphatic carboxylic acids is 1. The number of fused-ring (bicyclic) bond motifs is 1. The monoisotopic (exact) mass is 255 g/mol. The van der Waals surface area contributed by atoms with Crippen molar-refractivity contribution in [2.24, 2.45) is 23.7 Å². The first-order valence-corrected chi connectivity index (χ1v) is 7.01. The second-order valence-electron chi connectivity index (χ2n) is 5.97. The van der Waals surface area contributed by atoms with E-state index >= 15 is 0 Å². The number of rotatable bonds is 2. The maximum atomic E-state index is 11.1. The molecule has 0 amide bonds. The summed E-state index contributed by atoms with van der Waals surface area (Å²) in [5.41, 5.74) is 0. The van der Waals surface area contributed by atoms with Crippen LogP contribution in [0, 0.1) is 23.7 Å². The van der Waals surface area contributed by atoms with E-state index in [2.05, 4.69) is 0 Å². The molecule has 2 rings (SSSR count). The molecule has 1 saturated carbocycles. The van der Waals surface area contributed by atoms with E-state index in [4.69, 9.17) is 4.74 Å². The van der Waals surface area contributed by atoms with Crippen LogP contribution in [0.5, 0.6) is 0 Å². The predicted molar refractivity (Wildman–Crippen MR) is 64.5 cm³/mol. The van der Waals surface area contributed by atoms with Crippen molar-refractivity contribution in [1.29, 1.82) is 0 Å². The van der Waals surface area contributed by atoms with Crippen LogP contribution in [0.1, 0.15) is 39.5 Å². The molecule has 2 aliphatic rings. The third-order valence-electron chi connectivity index (χ3n) is 4.88. The predicted octanol–water partition coefficient (Wildman–Crippen LogP) is 0.575. The van der Waals surface area contributed by atoms with Gasteiger partial charge in [0, 0.05) is 5.97 Å². The number of carbonyl (C=O) groups excluding carboxylic acids is 1. The summed E-state index contributed by atoms with van der Waals surface area (Å²) in [5.74, 6) is -1.01. The molecular formula is C14H23O4-. The van der Waals surface area contributed by atoms with Crippen molar-refractivity contribution in [2.45, 2.75) is 51.7 Å². The number of carboxylic acids is 1. The number of carboxylic acid groups (broad SMARTS) is 1. The number of aliphatic hydroxyl groups is 1.